The maximum atomic E-state index is 13.1. The summed E-state index contributed by atoms with van der Waals surface area (Å²) in [6.45, 7) is 0. The van der Waals surface area contributed by atoms with Crippen molar-refractivity contribution < 1.29 is 27.5 Å². The Hall–Kier alpha value is -4.38. The maximum absolute atomic E-state index is 13.1. The first kappa shape index (κ1) is 26.2. The molecule has 1 aliphatic heterocycles. The molecule has 0 bridgehead atoms. The van der Waals surface area contributed by atoms with Crippen LogP contribution in [0.4, 0.5) is 11.4 Å². The number of imide groups is 1. The first-order valence-electron chi connectivity index (χ1n) is 11.3. The molecule has 9 nitrogen and oxygen atoms in total. The number of fused-ring (bicyclic) bond motifs is 1. The summed E-state index contributed by atoms with van der Waals surface area (Å²) in [7, 11) is -4.12. The third-order valence-corrected chi connectivity index (χ3v) is 7.59. The summed E-state index contributed by atoms with van der Waals surface area (Å²) in [5.41, 5.74) is 0.448. The Bertz CT molecular complexity index is 1760. The van der Waals surface area contributed by atoms with Gasteiger partial charge in [0.25, 0.3) is 27.7 Å². The summed E-state index contributed by atoms with van der Waals surface area (Å²) in [6, 6.07) is 20.8. The minimum atomic E-state index is -4.12. The van der Waals surface area contributed by atoms with Crippen LogP contribution in [0.5, 0.6) is 11.5 Å². The van der Waals surface area contributed by atoms with Crippen molar-refractivity contribution in [2.45, 2.75) is 4.90 Å². The Balaban J connectivity index is 1.36. The number of carbonyl (C=O) groups excluding carboxylic acids is 3. The van der Waals surface area contributed by atoms with Crippen molar-refractivity contribution in [3.8, 4) is 11.5 Å². The predicted octanol–water partition coefficient (Wildman–Crippen LogP) is 5.72. The second kappa shape index (κ2) is 10.4. The van der Waals surface area contributed by atoms with E-state index in [0.717, 1.165) is 0 Å². The lowest BCUT2D eigenvalue weighted by molar-refractivity contribution is 0.0878. The monoisotopic (exact) mass is 581 g/mol. The van der Waals surface area contributed by atoms with Crippen LogP contribution in [0.2, 0.25) is 10.0 Å². The van der Waals surface area contributed by atoms with E-state index >= 15 is 0 Å². The van der Waals surface area contributed by atoms with E-state index in [1.54, 1.807) is 24.3 Å². The Morgan fingerprint density at radius 3 is 2.28 bits per heavy atom. The van der Waals surface area contributed by atoms with Gasteiger partial charge in [0.1, 0.15) is 11.5 Å². The molecule has 1 heterocycles. The Labute approximate surface area is 232 Å². The fourth-order valence-corrected chi connectivity index (χ4v) is 5.21. The smallest absolute Gasteiger partial charge is 0.261 e. The van der Waals surface area contributed by atoms with Gasteiger partial charge in [-0.05, 0) is 72.8 Å². The van der Waals surface area contributed by atoms with Gasteiger partial charge >= 0.3 is 0 Å². The summed E-state index contributed by atoms with van der Waals surface area (Å²) in [6.07, 6.45) is 0. The van der Waals surface area contributed by atoms with E-state index in [9.17, 15) is 22.8 Å². The fraction of sp³-hybridized carbons (Fsp3) is 0. The molecule has 0 unspecified atom stereocenters. The van der Waals surface area contributed by atoms with Gasteiger partial charge in [0.05, 0.1) is 32.3 Å². The van der Waals surface area contributed by atoms with Crippen molar-refractivity contribution in [3.63, 3.8) is 0 Å². The van der Waals surface area contributed by atoms with E-state index in [4.69, 9.17) is 27.9 Å². The highest BCUT2D eigenvalue weighted by Gasteiger charge is 2.27. The molecule has 196 valence electrons. The molecule has 4 aromatic carbocycles. The summed E-state index contributed by atoms with van der Waals surface area (Å²) < 4.78 is 34.4. The number of anilines is 2. The predicted molar refractivity (Wildman–Crippen MR) is 146 cm³/mol. The molecule has 1 aliphatic rings. The third kappa shape index (κ3) is 5.58. The number of amides is 3. The van der Waals surface area contributed by atoms with Crippen LogP contribution in [0.1, 0.15) is 31.1 Å². The highest BCUT2D eigenvalue weighted by molar-refractivity contribution is 7.92. The van der Waals surface area contributed by atoms with Gasteiger partial charge < -0.3 is 10.1 Å². The zero-order chi connectivity index (χ0) is 27.7. The van der Waals surface area contributed by atoms with E-state index in [2.05, 4.69) is 15.4 Å². The lowest BCUT2D eigenvalue weighted by atomic mass is 10.1. The molecular formula is C27H17Cl2N3O6S. The van der Waals surface area contributed by atoms with Gasteiger partial charge in [-0.1, -0.05) is 35.3 Å². The van der Waals surface area contributed by atoms with Crippen LogP contribution in [0, 0.1) is 0 Å². The zero-order valence-corrected chi connectivity index (χ0v) is 22.0. The van der Waals surface area contributed by atoms with E-state index in [1.165, 1.54) is 60.7 Å². The highest BCUT2D eigenvalue weighted by atomic mass is 35.5. The molecule has 0 saturated heterocycles. The average molecular weight is 582 g/mol. The van der Waals surface area contributed by atoms with E-state index in [1.807, 2.05) is 0 Å². The zero-order valence-electron chi connectivity index (χ0n) is 19.7. The molecule has 0 aliphatic carbocycles. The van der Waals surface area contributed by atoms with Gasteiger partial charge in [-0.15, -0.1) is 0 Å². The number of nitrogens with one attached hydrogen (secondary N) is 3. The second-order valence-electron chi connectivity index (χ2n) is 8.30. The van der Waals surface area contributed by atoms with Crippen molar-refractivity contribution in [2.75, 3.05) is 10.0 Å². The lowest BCUT2D eigenvalue weighted by Gasteiger charge is -2.14. The molecule has 0 spiro atoms. The summed E-state index contributed by atoms with van der Waals surface area (Å²) >= 11 is 12.2. The first-order valence-corrected chi connectivity index (χ1v) is 13.5. The number of sulfonamides is 1. The van der Waals surface area contributed by atoms with Gasteiger partial charge in [-0.25, -0.2) is 8.42 Å². The van der Waals surface area contributed by atoms with E-state index in [-0.39, 0.29) is 38.0 Å². The maximum Gasteiger partial charge on any atom is 0.261 e. The van der Waals surface area contributed by atoms with Gasteiger partial charge in [0.2, 0.25) is 0 Å². The van der Waals surface area contributed by atoms with Crippen LogP contribution in [-0.2, 0) is 10.0 Å². The SMILES string of the molecule is O=C(Nc1ccc2c(c1)C(=O)NC2=O)c1cc(Cl)ccc1NS(=O)(=O)c1ccc(Oc2ccccc2Cl)cc1. The van der Waals surface area contributed by atoms with Crippen LogP contribution in [0.25, 0.3) is 0 Å². The molecule has 0 atom stereocenters. The Kier molecular flexibility index (Phi) is 7.00. The number of hydrogen-bond donors (Lipinski definition) is 3. The molecule has 0 saturated carbocycles. The number of hydrogen-bond acceptors (Lipinski definition) is 6. The molecule has 0 fully saturated rings. The second-order valence-corrected chi connectivity index (χ2v) is 10.8. The first-order chi connectivity index (χ1) is 18.6. The van der Waals surface area contributed by atoms with Gasteiger partial charge in [0, 0.05) is 10.7 Å². The van der Waals surface area contributed by atoms with Crippen molar-refractivity contribution >= 4 is 62.3 Å². The molecule has 0 radical (unpaired) electrons. The highest BCUT2D eigenvalue weighted by Crippen LogP contribution is 2.30. The van der Waals surface area contributed by atoms with E-state index in [0.29, 0.717) is 16.5 Å². The Morgan fingerprint density at radius 2 is 1.54 bits per heavy atom. The van der Waals surface area contributed by atoms with Crippen molar-refractivity contribution in [3.05, 3.63) is 112 Å². The quantitative estimate of drug-likeness (QED) is 0.239. The largest absolute Gasteiger partial charge is 0.456 e. The van der Waals surface area contributed by atoms with Crippen LogP contribution in [-0.4, -0.2) is 26.1 Å². The van der Waals surface area contributed by atoms with Crippen molar-refractivity contribution in [1.29, 1.82) is 0 Å². The van der Waals surface area contributed by atoms with Gasteiger partial charge in [-0.2, -0.15) is 0 Å². The standard InChI is InChI=1S/C27H17Cl2N3O6S/c28-15-5-12-23(21(13-15)27(35)30-16-6-11-19-20(14-16)26(34)31-25(19)33)32-39(36,37)18-9-7-17(8-10-18)38-24-4-2-1-3-22(24)29/h1-14,32H,(H,30,35)(H,31,33,34). The number of benzene rings is 4. The number of halogens is 2. The fourth-order valence-electron chi connectivity index (χ4n) is 3.78. The lowest BCUT2D eigenvalue weighted by Crippen LogP contribution is -2.20. The molecule has 12 heteroatoms. The summed E-state index contributed by atoms with van der Waals surface area (Å²) in [5, 5.41) is 5.37. The minimum Gasteiger partial charge on any atom is -0.456 e. The normalized spacial score (nSPS) is 12.5. The third-order valence-electron chi connectivity index (χ3n) is 5.66. The van der Waals surface area contributed by atoms with Crippen molar-refractivity contribution in [2.24, 2.45) is 0 Å². The molecule has 5 rings (SSSR count). The van der Waals surface area contributed by atoms with Crippen LogP contribution in [0.3, 0.4) is 0 Å². The number of rotatable bonds is 7. The number of ether oxygens (including phenoxy) is 1. The Morgan fingerprint density at radius 1 is 0.821 bits per heavy atom. The van der Waals surface area contributed by atoms with Crippen LogP contribution < -0.4 is 20.1 Å². The summed E-state index contributed by atoms with van der Waals surface area (Å²) in [5.74, 6) is -1.00. The molecule has 39 heavy (non-hydrogen) atoms. The molecular weight excluding hydrogens is 565 g/mol. The number of para-hydroxylation sites is 1. The van der Waals surface area contributed by atoms with Gasteiger partial charge in [0.15, 0.2) is 0 Å². The summed E-state index contributed by atoms with van der Waals surface area (Å²) in [4.78, 5) is 36.7. The number of carbonyl (C=O) groups is 3. The molecule has 0 aromatic heterocycles. The molecule has 3 N–H and O–H groups in total. The van der Waals surface area contributed by atoms with Crippen molar-refractivity contribution in [1.82, 2.24) is 5.32 Å². The minimum absolute atomic E-state index is 0.0256. The van der Waals surface area contributed by atoms with Crippen LogP contribution in [0.15, 0.2) is 89.8 Å². The average Bonchev–Trinajstić information content (AvgIpc) is 3.19. The van der Waals surface area contributed by atoms with Crippen LogP contribution >= 0.6 is 23.2 Å². The van der Waals surface area contributed by atoms with E-state index < -0.39 is 27.7 Å². The van der Waals surface area contributed by atoms with Gasteiger partial charge in [-0.3, -0.25) is 24.4 Å². The topological polar surface area (TPSA) is 131 Å². The molecule has 4 aromatic rings. The molecule has 3 amide bonds.